The lowest BCUT2D eigenvalue weighted by atomic mass is 9.66. The zero-order valence-electron chi connectivity index (χ0n) is 18.1. The summed E-state index contributed by atoms with van der Waals surface area (Å²) in [4.78, 5) is 23.1. The quantitative estimate of drug-likeness (QED) is 0.397. The molecule has 0 aliphatic heterocycles. The van der Waals surface area contributed by atoms with Crippen LogP contribution in [-0.2, 0) is 14.3 Å². The topological polar surface area (TPSA) is 124 Å². The third-order valence-electron chi connectivity index (χ3n) is 6.44. The van der Waals surface area contributed by atoms with Gasteiger partial charge in [-0.1, -0.05) is 39.0 Å². The molecule has 4 N–H and O–H groups in total. The average molecular weight is 425 g/mol. The molecule has 0 spiro atoms. The van der Waals surface area contributed by atoms with Crippen LogP contribution in [0, 0.1) is 23.7 Å². The van der Waals surface area contributed by atoms with Crippen LogP contribution in [-0.4, -0.2) is 56.8 Å². The maximum atomic E-state index is 12.4. The highest BCUT2D eigenvalue weighted by Gasteiger charge is 2.42. The second kappa shape index (κ2) is 11.1. The summed E-state index contributed by atoms with van der Waals surface area (Å²) in [5.74, 6) is -1.31. The van der Waals surface area contributed by atoms with Gasteiger partial charge in [0.1, 0.15) is 6.10 Å². The van der Waals surface area contributed by atoms with Crippen molar-refractivity contribution >= 4 is 11.9 Å². The van der Waals surface area contributed by atoms with E-state index in [1.54, 1.807) is 0 Å². The van der Waals surface area contributed by atoms with E-state index in [2.05, 4.69) is 13.0 Å². The average Bonchev–Trinajstić information content (AvgIpc) is 2.65. The van der Waals surface area contributed by atoms with Crippen molar-refractivity contribution in [2.45, 2.75) is 83.7 Å². The fourth-order valence-corrected chi connectivity index (χ4v) is 4.52. The third-order valence-corrected chi connectivity index (χ3v) is 6.44. The van der Waals surface area contributed by atoms with Gasteiger partial charge in [0, 0.05) is 12.3 Å². The van der Waals surface area contributed by atoms with E-state index in [0.29, 0.717) is 25.7 Å². The number of allylic oxidation sites excluding steroid dienone is 2. The van der Waals surface area contributed by atoms with Crippen molar-refractivity contribution < 1.29 is 34.8 Å². The predicted octanol–water partition coefficient (Wildman–Crippen LogP) is 2.44. The fraction of sp³-hybridized carbons (Fsp3) is 0.739. The van der Waals surface area contributed by atoms with Gasteiger partial charge in [0.15, 0.2) is 0 Å². The standard InChI is InChI=1S/C23H36O7/c1-4-13(2)23(29)30-20-11-17(25)9-15-6-5-14(3)19(22(15)20)8-7-16(24)10-18(26)12-21(27)28/h5-6,9,13-14,16-20,22,24-26H,4,7-8,10-12H2,1-3H3,(H,27,28)/t13-,14-,16+,17+,18+,19+,20+,22-/m0/s1. The van der Waals surface area contributed by atoms with E-state index in [4.69, 9.17) is 9.84 Å². The zero-order chi connectivity index (χ0) is 22.4. The maximum absolute atomic E-state index is 12.4. The molecule has 0 fully saturated rings. The lowest BCUT2D eigenvalue weighted by Crippen LogP contribution is -2.43. The molecule has 0 amide bonds. The minimum Gasteiger partial charge on any atom is -0.481 e. The SMILES string of the molecule is CC[C@H](C)C(=O)O[C@@H]1C[C@H](O)C=C2C=C[C@H](C)[C@@H](CC[C@@H](O)C[C@@H](O)CC(=O)O)[C@H]21. The Bertz CT molecular complexity index is 656. The molecular formula is C23H36O7. The van der Waals surface area contributed by atoms with Crippen LogP contribution in [0.15, 0.2) is 23.8 Å². The van der Waals surface area contributed by atoms with Gasteiger partial charge in [-0.15, -0.1) is 0 Å². The Morgan fingerprint density at radius 1 is 1.27 bits per heavy atom. The summed E-state index contributed by atoms with van der Waals surface area (Å²) in [6.45, 7) is 5.85. The van der Waals surface area contributed by atoms with E-state index in [-0.39, 0.29) is 42.5 Å². The van der Waals surface area contributed by atoms with Gasteiger partial charge in [-0.05, 0) is 43.1 Å². The van der Waals surface area contributed by atoms with Gasteiger partial charge in [-0.3, -0.25) is 9.59 Å². The van der Waals surface area contributed by atoms with Crippen LogP contribution >= 0.6 is 0 Å². The number of hydrogen-bond donors (Lipinski definition) is 4. The highest BCUT2D eigenvalue weighted by Crippen LogP contribution is 2.44. The molecule has 0 saturated heterocycles. The largest absolute Gasteiger partial charge is 0.481 e. The monoisotopic (exact) mass is 424 g/mol. The molecule has 170 valence electrons. The first-order valence-electron chi connectivity index (χ1n) is 11.0. The number of hydrogen-bond acceptors (Lipinski definition) is 6. The van der Waals surface area contributed by atoms with Crippen LogP contribution in [0.25, 0.3) is 0 Å². The van der Waals surface area contributed by atoms with Gasteiger partial charge in [0.2, 0.25) is 0 Å². The van der Waals surface area contributed by atoms with Crippen molar-refractivity contribution in [3.8, 4) is 0 Å². The summed E-state index contributed by atoms with van der Waals surface area (Å²) in [5, 5.41) is 39.1. The summed E-state index contributed by atoms with van der Waals surface area (Å²) in [7, 11) is 0. The molecule has 0 radical (unpaired) electrons. The molecule has 0 saturated carbocycles. The Morgan fingerprint density at radius 3 is 2.60 bits per heavy atom. The molecule has 0 aromatic heterocycles. The molecular weight excluding hydrogens is 388 g/mol. The van der Waals surface area contributed by atoms with E-state index in [1.807, 2.05) is 26.0 Å². The van der Waals surface area contributed by atoms with Crippen molar-refractivity contribution in [3.05, 3.63) is 23.8 Å². The first-order chi connectivity index (χ1) is 14.1. The predicted molar refractivity (Wildman–Crippen MR) is 111 cm³/mol. The number of aliphatic hydroxyl groups excluding tert-OH is 3. The zero-order valence-corrected chi connectivity index (χ0v) is 18.1. The molecule has 8 atom stereocenters. The van der Waals surface area contributed by atoms with Gasteiger partial charge < -0.3 is 25.2 Å². The van der Waals surface area contributed by atoms with Gasteiger partial charge in [0.25, 0.3) is 0 Å². The highest BCUT2D eigenvalue weighted by molar-refractivity contribution is 5.72. The van der Waals surface area contributed by atoms with Gasteiger partial charge in [-0.2, -0.15) is 0 Å². The van der Waals surface area contributed by atoms with E-state index < -0.39 is 30.4 Å². The lowest BCUT2D eigenvalue weighted by Gasteiger charge is -2.43. The van der Waals surface area contributed by atoms with E-state index in [0.717, 1.165) is 5.57 Å². The number of carbonyl (C=O) groups excluding carboxylic acids is 1. The Kier molecular flexibility index (Phi) is 9.07. The van der Waals surface area contributed by atoms with Crippen molar-refractivity contribution in [2.75, 3.05) is 0 Å². The van der Waals surface area contributed by atoms with E-state index in [1.165, 1.54) is 0 Å². The minimum absolute atomic E-state index is 0.0156. The van der Waals surface area contributed by atoms with Gasteiger partial charge in [-0.25, -0.2) is 0 Å². The first kappa shape index (κ1) is 24.6. The number of rotatable bonds is 10. The van der Waals surface area contributed by atoms with Crippen LogP contribution in [0.5, 0.6) is 0 Å². The summed E-state index contributed by atoms with van der Waals surface area (Å²) >= 11 is 0. The summed E-state index contributed by atoms with van der Waals surface area (Å²) in [5.41, 5.74) is 0.958. The van der Waals surface area contributed by atoms with Crippen LogP contribution in [0.4, 0.5) is 0 Å². The van der Waals surface area contributed by atoms with E-state index >= 15 is 0 Å². The minimum atomic E-state index is -1.10. The van der Waals surface area contributed by atoms with Crippen molar-refractivity contribution in [2.24, 2.45) is 23.7 Å². The molecule has 2 aliphatic carbocycles. The first-order valence-corrected chi connectivity index (χ1v) is 11.0. The van der Waals surface area contributed by atoms with Gasteiger partial charge in [0.05, 0.1) is 30.7 Å². The molecule has 2 rings (SSSR count). The number of fused-ring (bicyclic) bond motifs is 1. The van der Waals surface area contributed by atoms with Crippen molar-refractivity contribution in [3.63, 3.8) is 0 Å². The molecule has 0 bridgehead atoms. The molecule has 7 heteroatoms. The Labute approximate surface area is 178 Å². The van der Waals surface area contributed by atoms with Crippen LogP contribution in [0.3, 0.4) is 0 Å². The second-order valence-corrected chi connectivity index (χ2v) is 8.88. The van der Waals surface area contributed by atoms with Gasteiger partial charge >= 0.3 is 11.9 Å². The Balaban J connectivity index is 2.09. The third kappa shape index (κ3) is 6.65. The van der Waals surface area contributed by atoms with Crippen molar-refractivity contribution in [1.82, 2.24) is 0 Å². The highest BCUT2D eigenvalue weighted by atomic mass is 16.5. The molecule has 0 aromatic carbocycles. The number of esters is 1. The fourth-order valence-electron chi connectivity index (χ4n) is 4.52. The lowest BCUT2D eigenvalue weighted by molar-refractivity contribution is -0.159. The van der Waals surface area contributed by atoms with Crippen molar-refractivity contribution in [1.29, 1.82) is 0 Å². The molecule has 7 nitrogen and oxygen atoms in total. The molecule has 0 aromatic rings. The summed E-state index contributed by atoms with van der Waals surface area (Å²) in [6.07, 6.45) is 4.64. The number of ether oxygens (including phenoxy) is 1. The summed E-state index contributed by atoms with van der Waals surface area (Å²) < 4.78 is 5.84. The maximum Gasteiger partial charge on any atom is 0.308 e. The number of carboxylic acids is 1. The second-order valence-electron chi connectivity index (χ2n) is 8.88. The van der Waals surface area contributed by atoms with Crippen LogP contribution in [0.2, 0.25) is 0 Å². The smallest absolute Gasteiger partial charge is 0.308 e. The van der Waals surface area contributed by atoms with E-state index in [9.17, 15) is 24.9 Å². The molecule has 0 unspecified atom stereocenters. The van der Waals surface area contributed by atoms with Crippen LogP contribution < -0.4 is 0 Å². The van der Waals surface area contributed by atoms with Crippen LogP contribution in [0.1, 0.15) is 59.3 Å². The molecule has 0 heterocycles. The Morgan fingerprint density at radius 2 is 1.97 bits per heavy atom. The normalized spacial score (nSPS) is 31.3. The molecule has 30 heavy (non-hydrogen) atoms. The Hall–Kier alpha value is -1.70. The number of aliphatic carboxylic acids is 1. The number of carbonyl (C=O) groups is 2. The molecule has 2 aliphatic rings. The number of carboxylic acid groups (broad SMARTS) is 1. The summed E-state index contributed by atoms with van der Waals surface area (Å²) in [6, 6.07) is 0. The number of aliphatic hydroxyl groups is 3.